The maximum absolute atomic E-state index is 5.74. The fraction of sp³-hybridized carbons (Fsp3) is 0. The van der Waals surface area contributed by atoms with Crippen LogP contribution in [0.25, 0.3) is 199 Å². The second kappa shape index (κ2) is 20.3. The Kier molecular flexibility index (Phi) is 11.1. The highest BCUT2D eigenvalue weighted by Gasteiger charge is 2.30. The molecule has 0 radical (unpaired) electrons. The normalized spacial score (nSPS) is 12.2. The molecule has 0 amide bonds. The van der Waals surface area contributed by atoms with Gasteiger partial charge in [-0.05, 0) is 165 Å². The van der Waals surface area contributed by atoms with Crippen LogP contribution in [0.5, 0.6) is 0 Å². The average Bonchev–Trinajstić information content (AvgIpc) is 1.55. The molecule has 1 aliphatic carbocycles. The largest absolute Gasteiger partial charge is 0.309 e. The molecule has 0 N–H and O–H groups in total. The summed E-state index contributed by atoms with van der Waals surface area (Å²) in [6.45, 7) is 0. The molecule has 1 aliphatic rings. The quantitative estimate of drug-likeness (QED) is 0.152. The van der Waals surface area contributed by atoms with Crippen molar-refractivity contribution in [2.24, 2.45) is 0 Å². The van der Waals surface area contributed by atoms with Crippen LogP contribution in [0.15, 0.2) is 328 Å². The van der Waals surface area contributed by atoms with E-state index >= 15 is 0 Å². The summed E-state index contributed by atoms with van der Waals surface area (Å²) < 4.78 is 9.63. The summed E-state index contributed by atoms with van der Waals surface area (Å²) >= 11 is 0. The summed E-state index contributed by atoms with van der Waals surface area (Å²) in [6, 6.07) is 120. The molecule has 0 fully saturated rings. The fourth-order valence-corrected chi connectivity index (χ4v) is 16.3. The first kappa shape index (κ1) is 52.7. The smallest absolute Gasteiger partial charge is 0.161 e. The van der Waals surface area contributed by atoms with Crippen LogP contribution in [0.2, 0.25) is 0 Å². The molecule has 0 saturated carbocycles. The topological polar surface area (TPSA) is 45.5 Å². The molecular formula is C90H54N6. The van der Waals surface area contributed by atoms with E-state index in [9.17, 15) is 0 Å². The standard InChI is InChI=1S/C90H54N6/c1-3-21-61(22-4-1)93-77-33-13-9-27-66(77)73-51-57(39-46-82(73)93)58-41-48-84-75(53-58)68-29-11-15-35-79(68)95(84)63-43-37-56(38-44-63)88-87-71-31-17-19-55-20-18-32-72(86(55)71)89(87)92-90(91-88)70-45-50-81(65-26-8-7-25-64(65)70)96-80-36-16-12-30-69(80)76-54-60(42-49-85(76)96)59-40-47-83-74(52-59)67-28-10-14-34-78(67)94(83)62-23-5-2-6-24-62/h1-54H. The van der Waals surface area contributed by atoms with Crippen LogP contribution in [0, 0.1) is 0 Å². The van der Waals surface area contributed by atoms with Crippen LogP contribution in [0.4, 0.5) is 0 Å². The average molecular weight is 1220 g/mol. The van der Waals surface area contributed by atoms with Crippen molar-refractivity contribution in [3.05, 3.63) is 328 Å². The Morgan fingerprint density at radius 3 is 1.05 bits per heavy atom. The number of nitrogens with zero attached hydrogens (tertiary/aromatic N) is 6. The van der Waals surface area contributed by atoms with E-state index in [1.165, 1.54) is 98.2 Å². The number of fused-ring (bicyclic) bond motifs is 16. The predicted molar refractivity (Wildman–Crippen MR) is 401 cm³/mol. The maximum atomic E-state index is 5.74. The molecule has 6 heteroatoms. The van der Waals surface area contributed by atoms with Gasteiger partial charge in [-0.25, -0.2) is 9.97 Å². The van der Waals surface area contributed by atoms with E-state index < -0.39 is 0 Å². The fourth-order valence-electron chi connectivity index (χ4n) is 16.3. The Hall–Kier alpha value is -12.9. The summed E-state index contributed by atoms with van der Waals surface area (Å²) in [6.07, 6.45) is 0. The highest BCUT2D eigenvalue weighted by molar-refractivity contribution is 6.19. The van der Waals surface area contributed by atoms with E-state index in [1.54, 1.807) is 0 Å². The molecule has 0 atom stereocenters. The van der Waals surface area contributed by atoms with Crippen molar-refractivity contribution in [1.82, 2.24) is 28.2 Å². The molecule has 6 nitrogen and oxygen atoms in total. The minimum Gasteiger partial charge on any atom is -0.309 e. The summed E-state index contributed by atoms with van der Waals surface area (Å²) in [5, 5.41) is 14.4. The zero-order chi connectivity index (χ0) is 62.7. The van der Waals surface area contributed by atoms with Crippen LogP contribution in [0.1, 0.15) is 0 Å². The third-order valence-electron chi connectivity index (χ3n) is 20.5. The molecule has 0 aliphatic heterocycles. The SMILES string of the molecule is c1ccc(-n2c3ccccc3c3cc(-c4ccc5c(c4)c4ccccc4n5-c4ccc(-c5nc(-c6ccc(-n7c8ccccc8c8cc(-c9ccc%10c(c9)c9ccccc9n%10-c9ccccc9)ccc87)c7ccccc67)nc6c5-c5cccc7cccc-6c57)cc4)ccc32)cc1. The van der Waals surface area contributed by atoms with E-state index in [2.05, 4.69) is 346 Å². The van der Waals surface area contributed by atoms with Gasteiger partial charge in [-0.15, -0.1) is 0 Å². The molecule has 15 aromatic carbocycles. The Bertz CT molecular complexity index is 6680. The Labute approximate surface area is 551 Å². The van der Waals surface area contributed by atoms with E-state index in [1.807, 2.05) is 0 Å². The number of rotatable bonds is 8. The molecule has 96 heavy (non-hydrogen) atoms. The minimum atomic E-state index is 0.690. The molecule has 0 unspecified atom stereocenters. The third kappa shape index (κ3) is 7.63. The molecular weight excluding hydrogens is 1170 g/mol. The molecule has 5 heterocycles. The summed E-state index contributed by atoms with van der Waals surface area (Å²) in [4.78, 5) is 11.4. The maximum Gasteiger partial charge on any atom is 0.161 e. The lowest BCUT2D eigenvalue weighted by Crippen LogP contribution is -2.00. The van der Waals surface area contributed by atoms with Gasteiger partial charge in [0, 0.05) is 87.8 Å². The van der Waals surface area contributed by atoms with Gasteiger partial charge in [0.05, 0.1) is 61.2 Å². The number of aromatic nitrogens is 6. The van der Waals surface area contributed by atoms with Crippen molar-refractivity contribution in [3.63, 3.8) is 0 Å². The van der Waals surface area contributed by atoms with Gasteiger partial charge in [-0.3, -0.25) is 0 Å². The zero-order valence-electron chi connectivity index (χ0n) is 51.9. The Balaban J connectivity index is 0.679. The van der Waals surface area contributed by atoms with Gasteiger partial charge >= 0.3 is 0 Å². The Morgan fingerprint density at radius 2 is 0.573 bits per heavy atom. The monoisotopic (exact) mass is 1220 g/mol. The summed E-state index contributed by atoms with van der Waals surface area (Å²) in [5.74, 6) is 0.690. The first-order valence-electron chi connectivity index (χ1n) is 33.0. The molecule has 0 bridgehead atoms. The lowest BCUT2D eigenvalue weighted by atomic mass is 9.98. The van der Waals surface area contributed by atoms with E-state index in [4.69, 9.17) is 9.97 Å². The molecule has 21 rings (SSSR count). The number of hydrogen-bond acceptors (Lipinski definition) is 2. The summed E-state index contributed by atoms with van der Waals surface area (Å²) in [7, 11) is 0. The van der Waals surface area contributed by atoms with E-state index in [0.717, 1.165) is 94.8 Å². The van der Waals surface area contributed by atoms with Crippen molar-refractivity contribution >= 4 is 109 Å². The van der Waals surface area contributed by atoms with Crippen molar-refractivity contribution < 1.29 is 0 Å². The van der Waals surface area contributed by atoms with Gasteiger partial charge in [0.1, 0.15) is 0 Å². The third-order valence-corrected chi connectivity index (χ3v) is 20.5. The molecule has 0 spiro atoms. The van der Waals surface area contributed by atoms with Gasteiger partial charge in [-0.2, -0.15) is 0 Å². The van der Waals surface area contributed by atoms with Gasteiger partial charge in [0.2, 0.25) is 0 Å². The zero-order valence-corrected chi connectivity index (χ0v) is 51.9. The van der Waals surface area contributed by atoms with Crippen LogP contribution < -0.4 is 0 Å². The lowest BCUT2D eigenvalue weighted by Gasteiger charge is -2.16. The van der Waals surface area contributed by atoms with Crippen molar-refractivity contribution in [3.8, 4) is 90.0 Å². The second-order valence-electron chi connectivity index (χ2n) is 25.6. The summed E-state index contributed by atoms with van der Waals surface area (Å²) in [5.41, 5.74) is 25.9. The number of para-hydroxylation sites is 6. The van der Waals surface area contributed by atoms with Gasteiger partial charge in [-0.1, -0.05) is 206 Å². The van der Waals surface area contributed by atoms with Gasteiger partial charge in [0.15, 0.2) is 5.82 Å². The predicted octanol–water partition coefficient (Wildman–Crippen LogP) is 23.5. The Morgan fingerprint density at radius 1 is 0.208 bits per heavy atom. The van der Waals surface area contributed by atoms with Crippen LogP contribution in [-0.4, -0.2) is 28.2 Å². The van der Waals surface area contributed by atoms with Gasteiger partial charge in [0.25, 0.3) is 0 Å². The number of benzene rings is 15. The van der Waals surface area contributed by atoms with Crippen molar-refractivity contribution in [2.45, 2.75) is 0 Å². The molecule has 5 aromatic heterocycles. The second-order valence-corrected chi connectivity index (χ2v) is 25.6. The molecule has 0 saturated heterocycles. The van der Waals surface area contributed by atoms with Gasteiger partial charge < -0.3 is 18.3 Å². The van der Waals surface area contributed by atoms with Crippen molar-refractivity contribution in [2.75, 3.05) is 0 Å². The van der Waals surface area contributed by atoms with E-state index in [0.29, 0.717) is 5.82 Å². The highest BCUT2D eigenvalue weighted by atomic mass is 15.0. The lowest BCUT2D eigenvalue weighted by molar-refractivity contribution is 1.17. The van der Waals surface area contributed by atoms with Crippen LogP contribution >= 0.6 is 0 Å². The van der Waals surface area contributed by atoms with E-state index in [-0.39, 0.29) is 0 Å². The number of hydrogen-bond donors (Lipinski definition) is 0. The van der Waals surface area contributed by atoms with Crippen LogP contribution in [-0.2, 0) is 0 Å². The van der Waals surface area contributed by atoms with Crippen LogP contribution in [0.3, 0.4) is 0 Å². The van der Waals surface area contributed by atoms with Crippen molar-refractivity contribution in [1.29, 1.82) is 0 Å². The first-order valence-corrected chi connectivity index (χ1v) is 33.0. The molecule has 20 aromatic rings. The highest BCUT2D eigenvalue weighted by Crippen LogP contribution is 2.51. The molecule has 444 valence electrons. The minimum absolute atomic E-state index is 0.690. The first-order chi connectivity index (χ1) is 47.6.